The van der Waals surface area contributed by atoms with E-state index in [1.54, 1.807) is 42.5 Å². The van der Waals surface area contributed by atoms with Crippen LogP contribution in [0.1, 0.15) is 18.1 Å². The summed E-state index contributed by atoms with van der Waals surface area (Å²) < 4.78 is 35.8. The molecule has 10 heteroatoms. The van der Waals surface area contributed by atoms with E-state index in [0.29, 0.717) is 22.7 Å². The topological polar surface area (TPSA) is 102 Å². The summed E-state index contributed by atoms with van der Waals surface area (Å²) in [6.45, 7) is 1.41. The standard InChI is InChI=1S/C26H25BrN2O6S/c1-17(30)24(35-36(3,32)33)26(28-20-10-12-21(34-2)13-11-20)22-14-9-19(27)15-23(22)29(25(26)31)16-18-7-5-4-6-8-18/h4-15,24,28H,16H2,1-3H3/t24-,26-/m0/s1. The van der Waals surface area contributed by atoms with Crippen LogP contribution in [0.2, 0.25) is 0 Å². The Morgan fingerprint density at radius 3 is 2.33 bits per heavy atom. The van der Waals surface area contributed by atoms with Crippen molar-refractivity contribution in [1.29, 1.82) is 0 Å². The van der Waals surface area contributed by atoms with Gasteiger partial charge in [-0.1, -0.05) is 52.3 Å². The summed E-state index contributed by atoms with van der Waals surface area (Å²) in [6, 6.07) is 21.3. The van der Waals surface area contributed by atoms with Crippen molar-refractivity contribution in [2.45, 2.75) is 25.1 Å². The lowest BCUT2D eigenvalue weighted by atomic mass is 9.83. The molecule has 0 bridgehead atoms. The SMILES string of the molecule is COc1ccc(N[C@@]2([C@@H](OS(C)(=O)=O)C(C)=O)C(=O)N(Cc3ccccc3)c3cc(Br)ccc32)cc1. The Kier molecular flexibility index (Phi) is 7.21. The summed E-state index contributed by atoms with van der Waals surface area (Å²) in [5.74, 6) is -0.540. The largest absolute Gasteiger partial charge is 0.497 e. The highest BCUT2D eigenvalue weighted by molar-refractivity contribution is 9.10. The average molecular weight is 573 g/mol. The maximum absolute atomic E-state index is 14.4. The molecule has 36 heavy (non-hydrogen) atoms. The third-order valence-electron chi connectivity index (χ3n) is 5.91. The molecule has 1 N–H and O–H groups in total. The number of fused-ring (bicyclic) bond motifs is 1. The molecular formula is C26H25BrN2O6S. The zero-order chi connectivity index (χ0) is 26.1. The van der Waals surface area contributed by atoms with Gasteiger partial charge >= 0.3 is 0 Å². The van der Waals surface area contributed by atoms with Gasteiger partial charge in [-0.05, 0) is 48.9 Å². The zero-order valence-corrected chi connectivity index (χ0v) is 22.3. The van der Waals surface area contributed by atoms with Crippen LogP contribution in [0.3, 0.4) is 0 Å². The second kappa shape index (κ2) is 10.0. The Balaban J connectivity index is 1.94. The molecule has 1 amide bonds. The summed E-state index contributed by atoms with van der Waals surface area (Å²) >= 11 is 3.47. The molecular weight excluding hydrogens is 548 g/mol. The molecule has 4 rings (SSSR count). The average Bonchev–Trinajstić information content (AvgIpc) is 3.05. The number of halogens is 1. The molecule has 3 aromatic rings. The normalized spacial score (nSPS) is 18.0. The van der Waals surface area contributed by atoms with Gasteiger partial charge < -0.3 is 15.0 Å². The minimum Gasteiger partial charge on any atom is -0.497 e. The lowest BCUT2D eigenvalue weighted by molar-refractivity contribution is -0.134. The van der Waals surface area contributed by atoms with E-state index in [0.717, 1.165) is 16.3 Å². The minimum atomic E-state index is -4.12. The molecule has 0 saturated heterocycles. The molecule has 1 aliphatic heterocycles. The number of nitrogens with one attached hydrogen (secondary N) is 1. The first-order chi connectivity index (χ1) is 17.0. The fourth-order valence-electron chi connectivity index (χ4n) is 4.38. The molecule has 0 spiro atoms. The van der Waals surface area contributed by atoms with Crippen LogP contribution in [-0.2, 0) is 36.0 Å². The predicted molar refractivity (Wildman–Crippen MR) is 140 cm³/mol. The van der Waals surface area contributed by atoms with Crippen LogP contribution in [0, 0.1) is 0 Å². The summed E-state index contributed by atoms with van der Waals surface area (Å²) in [7, 11) is -2.58. The van der Waals surface area contributed by atoms with Gasteiger partial charge in [0, 0.05) is 15.7 Å². The predicted octanol–water partition coefficient (Wildman–Crippen LogP) is 4.25. The van der Waals surface area contributed by atoms with Crippen molar-refractivity contribution in [3.05, 3.63) is 88.4 Å². The number of methoxy groups -OCH3 is 1. The van der Waals surface area contributed by atoms with E-state index >= 15 is 0 Å². The van der Waals surface area contributed by atoms with Crippen molar-refractivity contribution < 1.29 is 26.9 Å². The fourth-order valence-corrected chi connectivity index (χ4v) is 5.36. The van der Waals surface area contributed by atoms with E-state index in [2.05, 4.69) is 21.2 Å². The summed E-state index contributed by atoms with van der Waals surface area (Å²) in [6.07, 6.45) is -0.809. The maximum Gasteiger partial charge on any atom is 0.265 e. The highest BCUT2D eigenvalue weighted by Gasteiger charge is 2.59. The Labute approximate surface area is 218 Å². The minimum absolute atomic E-state index is 0.207. The lowest BCUT2D eigenvalue weighted by Gasteiger charge is -2.36. The molecule has 1 heterocycles. The Hall–Kier alpha value is -3.21. The number of hydrogen-bond acceptors (Lipinski definition) is 7. The van der Waals surface area contributed by atoms with Crippen LogP contribution in [0.5, 0.6) is 5.75 Å². The van der Waals surface area contributed by atoms with Crippen LogP contribution in [0.25, 0.3) is 0 Å². The molecule has 8 nitrogen and oxygen atoms in total. The van der Waals surface area contributed by atoms with Gasteiger partial charge in [0.05, 0.1) is 25.6 Å². The number of ether oxygens (including phenoxy) is 1. The number of anilines is 2. The number of amides is 1. The molecule has 0 unspecified atom stereocenters. The third-order valence-corrected chi connectivity index (χ3v) is 6.94. The number of Topliss-reactive ketones (excluding diaryl/α,β-unsaturated/α-hetero) is 1. The lowest BCUT2D eigenvalue weighted by Crippen LogP contribution is -2.57. The zero-order valence-electron chi connectivity index (χ0n) is 19.9. The Morgan fingerprint density at radius 2 is 1.75 bits per heavy atom. The van der Waals surface area contributed by atoms with Gasteiger partial charge in [-0.25, -0.2) is 0 Å². The second-order valence-corrected chi connectivity index (χ2v) is 11.0. The van der Waals surface area contributed by atoms with E-state index in [1.807, 2.05) is 30.3 Å². The monoisotopic (exact) mass is 572 g/mol. The van der Waals surface area contributed by atoms with Gasteiger partial charge in [0.2, 0.25) is 0 Å². The van der Waals surface area contributed by atoms with Crippen LogP contribution in [-0.4, -0.2) is 39.6 Å². The second-order valence-electron chi connectivity index (χ2n) is 8.49. The van der Waals surface area contributed by atoms with E-state index in [-0.39, 0.29) is 6.54 Å². The fraction of sp³-hybridized carbons (Fsp3) is 0.231. The third kappa shape index (κ3) is 5.02. The van der Waals surface area contributed by atoms with Crippen molar-refractivity contribution in [3.63, 3.8) is 0 Å². The van der Waals surface area contributed by atoms with Crippen LogP contribution in [0.4, 0.5) is 11.4 Å². The molecule has 0 radical (unpaired) electrons. The van der Waals surface area contributed by atoms with E-state index in [1.165, 1.54) is 18.9 Å². The molecule has 3 aromatic carbocycles. The van der Waals surface area contributed by atoms with Crippen LogP contribution in [0.15, 0.2) is 77.3 Å². The van der Waals surface area contributed by atoms with E-state index < -0.39 is 33.5 Å². The smallest absolute Gasteiger partial charge is 0.265 e. The molecule has 0 saturated carbocycles. The van der Waals surface area contributed by atoms with Gasteiger partial charge in [0.1, 0.15) is 5.75 Å². The van der Waals surface area contributed by atoms with Gasteiger partial charge in [-0.2, -0.15) is 8.42 Å². The first-order valence-electron chi connectivity index (χ1n) is 11.0. The molecule has 188 valence electrons. The quantitative estimate of drug-likeness (QED) is 0.382. The number of nitrogens with zero attached hydrogens (tertiary/aromatic N) is 1. The van der Waals surface area contributed by atoms with Gasteiger partial charge in [-0.15, -0.1) is 0 Å². The summed E-state index contributed by atoms with van der Waals surface area (Å²) in [5.41, 5.74) is 0.436. The van der Waals surface area contributed by atoms with Crippen LogP contribution >= 0.6 is 15.9 Å². The molecule has 0 aromatic heterocycles. The van der Waals surface area contributed by atoms with Crippen molar-refractivity contribution in [2.75, 3.05) is 23.6 Å². The molecule has 0 aliphatic carbocycles. The first-order valence-corrected chi connectivity index (χ1v) is 13.6. The van der Waals surface area contributed by atoms with Gasteiger partial charge in [0.25, 0.3) is 16.0 Å². The van der Waals surface area contributed by atoms with Gasteiger partial charge in [0.15, 0.2) is 17.4 Å². The molecule has 1 aliphatic rings. The van der Waals surface area contributed by atoms with Crippen LogP contribution < -0.4 is 15.0 Å². The Bertz CT molecular complexity index is 1400. The van der Waals surface area contributed by atoms with Crippen molar-refractivity contribution in [1.82, 2.24) is 0 Å². The van der Waals surface area contributed by atoms with Gasteiger partial charge in [-0.3, -0.25) is 13.8 Å². The number of carbonyl (C=O) groups is 2. The highest BCUT2D eigenvalue weighted by Crippen LogP contribution is 2.47. The van der Waals surface area contributed by atoms with Crippen molar-refractivity contribution in [2.24, 2.45) is 0 Å². The number of ketones is 1. The maximum atomic E-state index is 14.4. The summed E-state index contributed by atoms with van der Waals surface area (Å²) in [4.78, 5) is 28.9. The number of rotatable bonds is 9. The van der Waals surface area contributed by atoms with Crippen molar-refractivity contribution in [3.8, 4) is 5.75 Å². The Morgan fingerprint density at radius 1 is 1.08 bits per heavy atom. The number of carbonyl (C=O) groups excluding carboxylic acids is 2. The number of benzene rings is 3. The molecule has 0 fully saturated rings. The highest BCUT2D eigenvalue weighted by atomic mass is 79.9. The van der Waals surface area contributed by atoms with E-state index in [4.69, 9.17) is 8.92 Å². The summed E-state index contributed by atoms with van der Waals surface area (Å²) in [5, 5.41) is 3.18. The van der Waals surface area contributed by atoms with Crippen molar-refractivity contribution >= 4 is 49.1 Å². The molecule has 2 atom stereocenters. The number of hydrogen-bond donors (Lipinski definition) is 1. The van der Waals surface area contributed by atoms with E-state index in [9.17, 15) is 18.0 Å². The first kappa shape index (κ1) is 25.9.